The number of carboxylic acids is 1. The van der Waals surface area contributed by atoms with E-state index in [-0.39, 0.29) is 5.91 Å². The van der Waals surface area contributed by atoms with Crippen LogP contribution in [-0.2, 0) is 19.1 Å². The number of carboxylic acid groups (broad SMARTS) is 1. The third kappa shape index (κ3) is 4.75. The van der Waals surface area contributed by atoms with Gasteiger partial charge in [-0.1, -0.05) is 19.8 Å². The van der Waals surface area contributed by atoms with Crippen LogP contribution >= 0.6 is 0 Å². The van der Waals surface area contributed by atoms with Crippen LogP contribution in [0.5, 0.6) is 0 Å². The number of ether oxygens (including phenoxy) is 1. The molecule has 1 amide bonds. The zero-order valence-corrected chi connectivity index (χ0v) is 11.7. The van der Waals surface area contributed by atoms with Gasteiger partial charge in [-0.2, -0.15) is 4.79 Å². The van der Waals surface area contributed by atoms with Gasteiger partial charge in [-0.15, -0.1) is 0 Å². The number of nitrogens with one attached hydrogen (secondary N) is 2. The zero-order chi connectivity index (χ0) is 15.8. The lowest BCUT2D eigenvalue weighted by molar-refractivity contribution is -0.151. The number of carbonyl (C=O) groups is 3. The number of amides is 1. The molecular formula is C12H18N4O5. The number of hydrogen-bond donors (Lipinski definition) is 3. The second kappa shape index (κ2) is 8.25. The highest BCUT2D eigenvalue weighted by Gasteiger charge is 2.41. The zero-order valence-electron chi connectivity index (χ0n) is 11.7. The quantitative estimate of drug-likeness (QED) is 0.117. The summed E-state index contributed by atoms with van der Waals surface area (Å²) in [5, 5.41) is 14.0. The molecule has 1 saturated heterocycles. The van der Waals surface area contributed by atoms with E-state index in [0.29, 0.717) is 6.54 Å². The van der Waals surface area contributed by atoms with Crippen LogP contribution in [0.15, 0.2) is 0 Å². The Labute approximate surface area is 121 Å². The van der Waals surface area contributed by atoms with Crippen molar-refractivity contribution in [1.82, 2.24) is 10.6 Å². The fourth-order valence-electron chi connectivity index (χ4n) is 1.78. The van der Waals surface area contributed by atoms with Gasteiger partial charge in [0.15, 0.2) is 6.23 Å². The first kappa shape index (κ1) is 17.0. The fraction of sp³-hybridized carbons (Fsp3) is 0.667. The van der Waals surface area contributed by atoms with Gasteiger partial charge in [0, 0.05) is 0 Å². The van der Waals surface area contributed by atoms with Gasteiger partial charge < -0.3 is 26.0 Å². The monoisotopic (exact) mass is 298 g/mol. The molecule has 2 unspecified atom stereocenters. The first-order chi connectivity index (χ1) is 10.0. The number of ketones is 1. The van der Waals surface area contributed by atoms with Crippen LogP contribution in [0.4, 0.5) is 0 Å². The number of rotatable bonds is 10. The van der Waals surface area contributed by atoms with Gasteiger partial charge in [-0.3, -0.25) is 9.59 Å². The fourth-order valence-corrected chi connectivity index (χ4v) is 1.78. The van der Waals surface area contributed by atoms with E-state index in [1.54, 1.807) is 0 Å². The maximum Gasteiger partial charge on any atom is 0.443 e. The lowest BCUT2D eigenvalue weighted by atomic mass is 10.1. The highest BCUT2D eigenvalue weighted by molar-refractivity contribution is 6.62. The minimum absolute atomic E-state index is 0.238. The van der Waals surface area contributed by atoms with Crippen LogP contribution < -0.4 is 10.6 Å². The van der Waals surface area contributed by atoms with E-state index in [2.05, 4.69) is 22.3 Å². The van der Waals surface area contributed by atoms with Crippen molar-refractivity contribution >= 4 is 23.4 Å². The normalized spacial score (nSPS) is 20.1. The van der Waals surface area contributed by atoms with Gasteiger partial charge in [0.25, 0.3) is 5.78 Å². The van der Waals surface area contributed by atoms with Gasteiger partial charge in [0.2, 0.25) is 5.91 Å². The number of carbonyl (C=O) groups excluding carboxylic acids is 2. The topological polar surface area (TPSA) is 141 Å². The Kier molecular flexibility index (Phi) is 6.67. The summed E-state index contributed by atoms with van der Waals surface area (Å²) in [6, 6.07) is -0.561. The van der Waals surface area contributed by atoms with Crippen LogP contribution in [0.1, 0.15) is 26.2 Å². The molecule has 21 heavy (non-hydrogen) atoms. The smallest absolute Gasteiger partial charge is 0.443 e. The van der Waals surface area contributed by atoms with Crippen LogP contribution in [-0.4, -0.2) is 58.7 Å². The summed E-state index contributed by atoms with van der Waals surface area (Å²) in [5.74, 6) is -2.85. The molecule has 0 aromatic rings. The largest absolute Gasteiger partial charge is 0.472 e. The molecule has 0 radical (unpaired) electrons. The summed E-state index contributed by atoms with van der Waals surface area (Å²) in [4.78, 5) is 35.7. The van der Waals surface area contributed by atoms with Crippen molar-refractivity contribution in [3.05, 3.63) is 5.53 Å². The lowest BCUT2D eigenvalue weighted by Crippen LogP contribution is -2.69. The molecule has 3 N–H and O–H groups in total. The summed E-state index contributed by atoms with van der Waals surface area (Å²) in [6.07, 6.45) is 2.33. The standard InChI is InChI=1S/C12H18N4O5/c1-2-3-4-5-14-9-10(18)15-11(9)21-6-7(17)8(16-13)12(19)20/h9,11,14H,2-6H2,1H3,(H,15,18)(H,19,20). The maximum atomic E-state index is 11.4. The number of nitrogens with zero attached hydrogens (tertiary/aromatic N) is 2. The first-order valence-corrected chi connectivity index (χ1v) is 6.65. The molecule has 9 heteroatoms. The molecule has 0 bridgehead atoms. The Morgan fingerprint density at radius 3 is 2.71 bits per heavy atom. The van der Waals surface area contributed by atoms with Gasteiger partial charge in [0.1, 0.15) is 12.6 Å². The van der Waals surface area contributed by atoms with E-state index >= 15 is 0 Å². The second-order valence-electron chi connectivity index (χ2n) is 4.56. The Morgan fingerprint density at radius 2 is 2.19 bits per heavy atom. The van der Waals surface area contributed by atoms with Gasteiger partial charge in [-0.25, -0.2) is 4.79 Å². The highest BCUT2D eigenvalue weighted by atomic mass is 16.5. The average Bonchev–Trinajstić information content (AvgIpc) is 2.43. The molecule has 9 nitrogen and oxygen atoms in total. The second-order valence-corrected chi connectivity index (χ2v) is 4.56. The van der Waals surface area contributed by atoms with Crippen molar-refractivity contribution in [2.75, 3.05) is 13.2 Å². The first-order valence-electron chi connectivity index (χ1n) is 6.65. The van der Waals surface area contributed by atoms with E-state index < -0.39 is 36.3 Å². The van der Waals surface area contributed by atoms with Crippen molar-refractivity contribution in [3.63, 3.8) is 0 Å². The molecule has 1 rings (SSSR count). The maximum absolute atomic E-state index is 11.4. The molecule has 1 aliphatic rings. The van der Waals surface area contributed by atoms with Gasteiger partial charge in [0.05, 0.1) is 0 Å². The summed E-state index contributed by atoms with van der Waals surface area (Å²) in [7, 11) is 0. The lowest BCUT2D eigenvalue weighted by Gasteiger charge is -2.36. The molecule has 0 aliphatic carbocycles. The SMILES string of the molecule is CCCCCNC1C(=O)NC1OCC(=O)C(=[N+]=[N-])C(=O)O. The third-order valence-corrected chi connectivity index (χ3v) is 2.97. The highest BCUT2D eigenvalue weighted by Crippen LogP contribution is 2.08. The van der Waals surface area contributed by atoms with Gasteiger partial charge in [-0.05, 0) is 13.0 Å². The van der Waals surface area contributed by atoms with Crippen molar-refractivity contribution in [2.24, 2.45) is 0 Å². The third-order valence-electron chi connectivity index (χ3n) is 2.97. The molecule has 0 saturated carbocycles. The number of hydrogen-bond acceptors (Lipinski definition) is 5. The molecule has 0 aromatic heterocycles. The van der Waals surface area contributed by atoms with Crippen molar-refractivity contribution in [3.8, 4) is 0 Å². The van der Waals surface area contributed by atoms with Gasteiger partial charge >= 0.3 is 11.7 Å². The van der Waals surface area contributed by atoms with E-state index in [0.717, 1.165) is 19.3 Å². The predicted molar refractivity (Wildman–Crippen MR) is 70.5 cm³/mol. The molecule has 1 aliphatic heterocycles. The Bertz CT molecular complexity index is 472. The van der Waals surface area contributed by atoms with Crippen LogP contribution in [0.2, 0.25) is 0 Å². The number of unbranched alkanes of at least 4 members (excludes halogenated alkanes) is 2. The van der Waals surface area contributed by atoms with Crippen LogP contribution in [0.25, 0.3) is 5.53 Å². The van der Waals surface area contributed by atoms with Crippen LogP contribution in [0.3, 0.4) is 0 Å². The van der Waals surface area contributed by atoms with Crippen molar-refractivity contribution in [1.29, 1.82) is 0 Å². The van der Waals surface area contributed by atoms with Crippen LogP contribution in [0, 0.1) is 0 Å². The summed E-state index contributed by atoms with van der Waals surface area (Å²) < 4.78 is 5.11. The molecule has 1 fully saturated rings. The molecule has 0 aromatic carbocycles. The van der Waals surface area contributed by atoms with E-state index in [1.165, 1.54) is 0 Å². The van der Waals surface area contributed by atoms with Crippen molar-refractivity contribution < 1.29 is 29.0 Å². The Morgan fingerprint density at radius 1 is 1.48 bits per heavy atom. The minimum Gasteiger partial charge on any atom is -0.472 e. The number of β-lactam (4-membered cyclic amide) rings is 1. The average molecular weight is 298 g/mol. The Balaban J connectivity index is 2.38. The molecule has 0 spiro atoms. The number of aliphatic carboxylic acids is 1. The molecular weight excluding hydrogens is 280 g/mol. The van der Waals surface area contributed by atoms with E-state index in [4.69, 9.17) is 15.4 Å². The molecule has 1 heterocycles. The van der Waals surface area contributed by atoms with E-state index in [1.807, 2.05) is 0 Å². The predicted octanol–water partition coefficient (Wildman–Crippen LogP) is -1.07. The van der Waals surface area contributed by atoms with E-state index in [9.17, 15) is 14.4 Å². The summed E-state index contributed by atoms with van der Waals surface area (Å²) in [5.41, 5.74) is 7.41. The minimum atomic E-state index is -1.64. The molecule has 116 valence electrons. The summed E-state index contributed by atoms with van der Waals surface area (Å²) >= 11 is 0. The van der Waals surface area contributed by atoms with Crippen molar-refractivity contribution in [2.45, 2.75) is 38.5 Å². The Hall–Kier alpha value is -2.09. The summed E-state index contributed by atoms with van der Waals surface area (Å²) in [6.45, 7) is 2.12. The number of Topliss-reactive ketones (excluding diaryl/α,β-unsaturated/α-hetero) is 1. The molecule has 2 atom stereocenters.